The van der Waals surface area contributed by atoms with Crippen molar-refractivity contribution in [3.8, 4) is 0 Å². The van der Waals surface area contributed by atoms with Crippen LogP contribution in [0.4, 0.5) is 32.0 Å². The lowest BCUT2D eigenvalue weighted by Gasteiger charge is -2.35. The van der Waals surface area contributed by atoms with Gasteiger partial charge >= 0.3 is 12.4 Å². The van der Waals surface area contributed by atoms with Crippen molar-refractivity contribution in [3.05, 3.63) is 29.3 Å². The van der Waals surface area contributed by atoms with Gasteiger partial charge in [-0.25, -0.2) is 0 Å². The molecule has 2 aliphatic heterocycles. The van der Waals surface area contributed by atoms with Gasteiger partial charge in [0.15, 0.2) is 0 Å². The van der Waals surface area contributed by atoms with Crippen molar-refractivity contribution in [3.63, 3.8) is 0 Å². The fourth-order valence-corrected chi connectivity index (χ4v) is 4.14. The van der Waals surface area contributed by atoms with Gasteiger partial charge in [0.1, 0.15) is 0 Å². The quantitative estimate of drug-likeness (QED) is 0.647. The van der Waals surface area contributed by atoms with Crippen molar-refractivity contribution in [1.29, 1.82) is 0 Å². The first-order valence-electron chi connectivity index (χ1n) is 10.5. The van der Waals surface area contributed by atoms with Gasteiger partial charge in [-0.15, -0.1) is 0 Å². The van der Waals surface area contributed by atoms with Crippen molar-refractivity contribution < 1.29 is 35.9 Å². The van der Waals surface area contributed by atoms with Crippen LogP contribution in [0.3, 0.4) is 0 Å². The van der Waals surface area contributed by atoms with Crippen molar-refractivity contribution in [2.45, 2.75) is 56.9 Å². The molecule has 0 saturated carbocycles. The zero-order valence-electron chi connectivity index (χ0n) is 17.3. The third kappa shape index (κ3) is 6.36. The minimum absolute atomic E-state index is 0.0174. The number of anilines is 1. The number of rotatable bonds is 4. The molecule has 2 amide bonds. The summed E-state index contributed by atoms with van der Waals surface area (Å²) in [5.41, 5.74) is -3.51. The first-order chi connectivity index (χ1) is 14.9. The molecule has 2 N–H and O–H groups in total. The fourth-order valence-electron chi connectivity index (χ4n) is 4.14. The number of piperidine rings is 2. The Morgan fingerprint density at radius 2 is 1.53 bits per heavy atom. The SMILES string of the molecule is O=C(CC1CCN(C(=O)[C@H]2CCCCN2)CC1)Nc1cc(C(F)(F)F)cc(C(F)(F)F)c1. The van der Waals surface area contributed by atoms with E-state index in [-0.39, 0.29) is 30.4 Å². The molecule has 0 spiro atoms. The van der Waals surface area contributed by atoms with Gasteiger partial charge in [0.25, 0.3) is 0 Å². The smallest absolute Gasteiger partial charge is 0.341 e. The molecule has 0 aromatic heterocycles. The maximum atomic E-state index is 13.0. The molecule has 11 heteroatoms. The fraction of sp³-hybridized carbons (Fsp3) is 0.619. The molecule has 2 fully saturated rings. The van der Waals surface area contributed by atoms with Crippen LogP contribution in [0.1, 0.15) is 49.7 Å². The highest BCUT2D eigenvalue weighted by Crippen LogP contribution is 2.37. The van der Waals surface area contributed by atoms with E-state index in [1.165, 1.54) is 0 Å². The number of hydrogen-bond acceptors (Lipinski definition) is 3. The van der Waals surface area contributed by atoms with Gasteiger partial charge in [0, 0.05) is 25.2 Å². The maximum absolute atomic E-state index is 13.0. The summed E-state index contributed by atoms with van der Waals surface area (Å²) in [5.74, 6) is -0.723. The molecule has 0 radical (unpaired) electrons. The predicted molar refractivity (Wildman–Crippen MR) is 105 cm³/mol. The summed E-state index contributed by atoms with van der Waals surface area (Å²) in [7, 11) is 0. The van der Waals surface area contributed by atoms with E-state index < -0.39 is 35.1 Å². The van der Waals surface area contributed by atoms with Crippen LogP contribution in [0.15, 0.2) is 18.2 Å². The van der Waals surface area contributed by atoms with E-state index >= 15 is 0 Å². The molecule has 2 aliphatic rings. The summed E-state index contributed by atoms with van der Waals surface area (Å²) in [4.78, 5) is 26.6. The maximum Gasteiger partial charge on any atom is 0.416 e. The first kappa shape index (κ1) is 24.3. The lowest BCUT2D eigenvalue weighted by atomic mass is 9.92. The summed E-state index contributed by atoms with van der Waals surface area (Å²) in [6.45, 7) is 1.74. The number of carbonyl (C=O) groups is 2. The highest BCUT2D eigenvalue weighted by molar-refractivity contribution is 5.91. The molecule has 2 heterocycles. The van der Waals surface area contributed by atoms with E-state index in [2.05, 4.69) is 10.6 Å². The van der Waals surface area contributed by atoms with E-state index in [1.807, 2.05) is 0 Å². The Hall–Kier alpha value is -2.30. The average Bonchev–Trinajstić information content (AvgIpc) is 2.73. The van der Waals surface area contributed by atoms with E-state index in [4.69, 9.17) is 0 Å². The standard InChI is InChI=1S/C21H25F6N3O2/c22-20(23,24)14-10-15(21(25,26)27)12-16(11-14)29-18(31)9-13-4-7-30(8-5-13)19(32)17-3-1-2-6-28-17/h10-13,17,28H,1-9H2,(H,29,31)/t17-/m1/s1. The van der Waals surface area contributed by atoms with Gasteiger partial charge < -0.3 is 15.5 Å². The average molecular weight is 465 g/mol. The molecule has 5 nitrogen and oxygen atoms in total. The van der Waals surface area contributed by atoms with Crippen molar-refractivity contribution in [1.82, 2.24) is 10.2 Å². The summed E-state index contributed by atoms with van der Waals surface area (Å²) >= 11 is 0. The van der Waals surface area contributed by atoms with Gasteiger partial charge in [-0.1, -0.05) is 6.42 Å². The Balaban J connectivity index is 1.56. The van der Waals surface area contributed by atoms with Crippen LogP contribution in [0.5, 0.6) is 0 Å². The number of amides is 2. The third-order valence-electron chi connectivity index (χ3n) is 5.88. The van der Waals surface area contributed by atoms with Crippen molar-refractivity contribution in [2.75, 3.05) is 25.0 Å². The number of benzene rings is 1. The topological polar surface area (TPSA) is 61.4 Å². The Bertz CT molecular complexity index is 794. The van der Waals surface area contributed by atoms with Crippen LogP contribution in [0.25, 0.3) is 0 Å². The second kappa shape index (κ2) is 9.68. The van der Waals surface area contributed by atoms with Crippen LogP contribution in [-0.4, -0.2) is 42.4 Å². The molecule has 0 bridgehead atoms. The Kier molecular flexibility index (Phi) is 7.36. The van der Waals surface area contributed by atoms with Crippen LogP contribution in [-0.2, 0) is 21.9 Å². The minimum atomic E-state index is -4.98. The molecular formula is C21H25F6N3O2. The van der Waals surface area contributed by atoms with Gasteiger partial charge in [0.05, 0.1) is 17.2 Å². The zero-order chi connectivity index (χ0) is 23.5. The number of hydrogen-bond donors (Lipinski definition) is 2. The Labute approximate surface area is 181 Å². The lowest BCUT2D eigenvalue weighted by molar-refractivity contribution is -0.143. The zero-order valence-corrected chi connectivity index (χ0v) is 17.3. The second-order valence-corrected chi connectivity index (χ2v) is 8.32. The van der Waals surface area contributed by atoms with E-state index in [9.17, 15) is 35.9 Å². The molecule has 0 unspecified atom stereocenters. The molecule has 3 rings (SSSR count). The van der Waals surface area contributed by atoms with E-state index in [0.29, 0.717) is 38.1 Å². The normalized spacial score (nSPS) is 20.8. The summed E-state index contributed by atoms with van der Waals surface area (Å²) in [6, 6.07) is 0.813. The van der Waals surface area contributed by atoms with Crippen LogP contribution in [0.2, 0.25) is 0 Å². The molecule has 0 aliphatic carbocycles. The molecule has 1 atom stereocenters. The Morgan fingerprint density at radius 1 is 0.938 bits per heavy atom. The summed E-state index contributed by atoms with van der Waals surface area (Å²) in [6.07, 6.45) is -6.09. The molecule has 1 aromatic carbocycles. The molecule has 1 aromatic rings. The van der Waals surface area contributed by atoms with Gasteiger partial charge in [-0.05, 0) is 56.3 Å². The number of halogens is 6. The second-order valence-electron chi connectivity index (χ2n) is 8.32. The largest absolute Gasteiger partial charge is 0.416 e. The van der Waals surface area contributed by atoms with Gasteiger partial charge in [-0.2, -0.15) is 26.3 Å². The van der Waals surface area contributed by atoms with Crippen LogP contribution < -0.4 is 10.6 Å². The molecule has 32 heavy (non-hydrogen) atoms. The van der Waals surface area contributed by atoms with Crippen molar-refractivity contribution >= 4 is 17.5 Å². The lowest BCUT2D eigenvalue weighted by Crippen LogP contribution is -2.50. The summed E-state index contributed by atoms with van der Waals surface area (Å²) < 4.78 is 77.8. The third-order valence-corrected chi connectivity index (χ3v) is 5.88. The van der Waals surface area contributed by atoms with Gasteiger partial charge in [-0.3, -0.25) is 9.59 Å². The van der Waals surface area contributed by atoms with Crippen LogP contribution in [0, 0.1) is 5.92 Å². The highest BCUT2D eigenvalue weighted by Gasteiger charge is 2.37. The first-order valence-corrected chi connectivity index (χ1v) is 10.5. The molecular weight excluding hydrogens is 440 g/mol. The predicted octanol–water partition coefficient (Wildman–Crippen LogP) is 4.43. The molecule has 178 valence electrons. The summed E-state index contributed by atoms with van der Waals surface area (Å²) in [5, 5.41) is 5.37. The van der Waals surface area contributed by atoms with Crippen molar-refractivity contribution in [2.24, 2.45) is 5.92 Å². The van der Waals surface area contributed by atoms with E-state index in [1.54, 1.807) is 4.90 Å². The highest BCUT2D eigenvalue weighted by atomic mass is 19.4. The Morgan fingerprint density at radius 3 is 2.03 bits per heavy atom. The van der Waals surface area contributed by atoms with E-state index in [0.717, 1.165) is 25.8 Å². The number of nitrogens with zero attached hydrogens (tertiary/aromatic N) is 1. The number of nitrogens with one attached hydrogen (secondary N) is 2. The molecule has 2 saturated heterocycles. The number of carbonyl (C=O) groups excluding carboxylic acids is 2. The number of alkyl halides is 6. The van der Waals surface area contributed by atoms with Gasteiger partial charge in [0.2, 0.25) is 11.8 Å². The van der Waals surface area contributed by atoms with Crippen LogP contribution >= 0.6 is 0 Å². The monoisotopic (exact) mass is 465 g/mol. The minimum Gasteiger partial charge on any atom is -0.341 e. The number of likely N-dealkylation sites (tertiary alicyclic amines) is 1.